The Hall–Kier alpha value is -4.53. The average Bonchev–Trinajstić information content (AvgIpc) is 3.49. The minimum absolute atomic E-state index is 0.160. The number of benzene rings is 2. The molecule has 0 saturated heterocycles. The van der Waals surface area contributed by atoms with Crippen molar-refractivity contribution < 1.29 is 28.2 Å². The fourth-order valence-electron chi connectivity index (χ4n) is 3.87. The summed E-state index contributed by atoms with van der Waals surface area (Å²) in [5, 5.41) is 7.45. The molecule has 0 saturated carbocycles. The number of methoxy groups -OCH3 is 1. The predicted octanol–water partition coefficient (Wildman–Crippen LogP) is 5.16. The molecule has 2 heterocycles. The van der Waals surface area contributed by atoms with Crippen LogP contribution in [0.4, 0.5) is 5.69 Å². The maximum atomic E-state index is 12.9. The second-order valence-corrected chi connectivity index (χ2v) is 8.27. The van der Waals surface area contributed by atoms with Crippen molar-refractivity contribution in [2.24, 2.45) is 0 Å². The van der Waals surface area contributed by atoms with E-state index in [0.29, 0.717) is 41.6 Å². The van der Waals surface area contributed by atoms with E-state index in [4.69, 9.17) is 18.6 Å². The Labute approximate surface area is 215 Å². The van der Waals surface area contributed by atoms with Crippen LogP contribution in [0.15, 0.2) is 65.1 Å². The minimum atomic E-state index is -0.411. The lowest BCUT2D eigenvalue weighted by Crippen LogP contribution is -2.13. The number of aromatic nitrogens is 2. The maximum absolute atomic E-state index is 12.9. The van der Waals surface area contributed by atoms with Gasteiger partial charge in [-0.15, -0.1) is 0 Å². The maximum Gasteiger partial charge on any atom is 0.338 e. The Morgan fingerprint density at radius 3 is 2.38 bits per heavy atom. The highest BCUT2D eigenvalue weighted by Gasteiger charge is 2.19. The number of anilines is 1. The van der Waals surface area contributed by atoms with Gasteiger partial charge in [-0.1, -0.05) is 18.2 Å². The summed E-state index contributed by atoms with van der Waals surface area (Å²) in [6.45, 7) is 6.72. The highest BCUT2D eigenvalue weighted by atomic mass is 16.5. The van der Waals surface area contributed by atoms with Crippen LogP contribution in [0.3, 0.4) is 0 Å². The van der Waals surface area contributed by atoms with E-state index in [0.717, 1.165) is 17.0 Å². The number of hydrogen-bond donors (Lipinski definition) is 1. The molecule has 0 atom stereocenters. The molecule has 1 N–H and O–H groups in total. The molecule has 0 radical (unpaired) electrons. The van der Waals surface area contributed by atoms with Gasteiger partial charge in [-0.3, -0.25) is 9.48 Å². The summed E-state index contributed by atoms with van der Waals surface area (Å²) in [5.41, 5.74) is 3.21. The first kappa shape index (κ1) is 25.6. The number of rotatable bonds is 10. The third-order valence-electron chi connectivity index (χ3n) is 5.76. The summed E-state index contributed by atoms with van der Waals surface area (Å²) in [7, 11) is 1.35. The minimum Gasteiger partial charge on any atom is -0.494 e. The monoisotopic (exact) mass is 503 g/mol. The summed E-state index contributed by atoms with van der Waals surface area (Å²) in [5.74, 6) is 1.31. The topological polar surface area (TPSA) is 105 Å². The summed E-state index contributed by atoms with van der Waals surface area (Å²) < 4.78 is 23.5. The lowest BCUT2D eigenvalue weighted by Gasteiger charge is -2.10. The van der Waals surface area contributed by atoms with E-state index in [1.54, 1.807) is 28.9 Å². The number of carbonyl (C=O) groups excluding carboxylic acids is 2. The molecule has 0 bridgehead atoms. The van der Waals surface area contributed by atoms with Gasteiger partial charge in [0.25, 0.3) is 5.91 Å². The molecule has 1 amide bonds. The molecule has 4 rings (SSSR count). The Bertz CT molecular complexity index is 1390. The van der Waals surface area contributed by atoms with Crippen LogP contribution in [0.1, 0.15) is 50.5 Å². The van der Waals surface area contributed by atoms with E-state index in [1.165, 1.54) is 7.11 Å². The molecule has 0 fully saturated rings. The van der Waals surface area contributed by atoms with Crippen molar-refractivity contribution in [1.29, 1.82) is 0 Å². The fourth-order valence-corrected chi connectivity index (χ4v) is 3.87. The number of furan rings is 1. The SMILES string of the molecule is CCOc1ccc(OCc2ccc(C(=O)Nc3c(C)nn(Cc4ccccc4C(=O)OC)c3C)o2)cc1. The Morgan fingerprint density at radius 2 is 1.68 bits per heavy atom. The molecule has 9 heteroatoms. The number of ether oxygens (including phenoxy) is 3. The van der Waals surface area contributed by atoms with Gasteiger partial charge in [0.2, 0.25) is 0 Å². The van der Waals surface area contributed by atoms with E-state index < -0.39 is 11.9 Å². The van der Waals surface area contributed by atoms with Gasteiger partial charge in [0, 0.05) is 0 Å². The highest BCUT2D eigenvalue weighted by molar-refractivity contribution is 6.03. The number of nitrogens with one attached hydrogen (secondary N) is 1. The number of amides is 1. The van der Waals surface area contributed by atoms with E-state index in [9.17, 15) is 9.59 Å². The van der Waals surface area contributed by atoms with Gasteiger partial charge >= 0.3 is 5.97 Å². The molecule has 2 aromatic carbocycles. The number of esters is 1. The molecule has 2 aromatic heterocycles. The van der Waals surface area contributed by atoms with Gasteiger partial charge in [0.05, 0.1) is 42.9 Å². The Balaban J connectivity index is 1.41. The molecule has 0 spiro atoms. The van der Waals surface area contributed by atoms with Crippen LogP contribution in [0.5, 0.6) is 11.5 Å². The van der Waals surface area contributed by atoms with Crippen LogP contribution in [0.2, 0.25) is 0 Å². The largest absolute Gasteiger partial charge is 0.494 e. The Morgan fingerprint density at radius 1 is 0.973 bits per heavy atom. The van der Waals surface area contributed by atoms with Crippen LogP contribution >= 0.6 is 0 Å². The van der Waals surface area contributed by atoms with Crippen LogP contribution in [-0.2, 0) is 17.9 Å². The smallest absolute Gasteiger partial charge is 0.338 e. The molecular weight excluding hydrogens is 474 g/mol. The zero-order valence-electron chi connectivity index (χ0n) is 21.2. The van der Waals surface area contributed by atoms with Crippen LogP contribution in [0.25, 0.3) is 0 Å². The first-order chi connectivity index (χ1) is 17.9. The van der Waals surface area contributed by atoms with E-state index in [1.807, 2.05) is 57.2 Å². The molecule has 4 aromatic rings. The molecular formula is C28H29N3O6. The average molecular weight is 504 g/mol. The first-order valence-electron chi connectivity index (χ1n) is 11.9. The molecule has 0 unspecified atom stereocenters. The van der Waals surface area contributed by atoms with E-state index in [-0.39, 0.29) is 12.4 Å². The van der Waals surface area contributed by atoms with Crippen LogP contribution in [0, 0.1) is 13.8 Å². The van der Waals surface area contributed by atoms with Gasteiger partial charge < -0.3 is 23.9 Å². The van der Waals surface area contributed by atoms with E-state index >= 15 is 0 Å². The zero-order valence-corrected chi connectivity index (χ0v) is 21.2. The summed E-state index contributed by atoms with van der Waals surface area (Å²) >= 11 is 0. The summed E-state index contributed by atoms with van der Waals surface area (Å²) in [4.78, 5) is 25.0. The van der Waals surface area contributed by atoms with Gasteiger partial charge in [-0.05, 0) is 68.8 Å². The van der Waals surface area contributed by atoms with Gasteiger partial charge in [-0.25, -0.2) is 4.79 Å². The van der Waals surface area contributed by atoms with Crippen LogP contribution < -0.4 is 14.8 Å². The summed E-state index contributed by atoms with van der Waals surface area (Å²) in [6.07, 6.45) is 0. The normalized spacial score (nSPS) is 10.7. The predicted molar refractivity (Wildman–Crippen MR) is 137 cm³/mol. The van der Waals surface area contributed by atoms with Crippen molar-refractivity contribution in [3.05, 3.63) is 94.7 Å². The lowest BCUT2D eigenvalue weighted by molar-refractivity contribution is 0.0599. The standard InChI is InChI=1S/C28H29N3O6/c1-5-35-21-10-12-22(13-11-21)36-17-23-14-15-25(37-23)27(32)29-26-18(2)30-31(19(26)3)16-20-8-6-7-9-24(20)28(33)34-4/h6-15H,5,16-17H2,1-4H3,(H,29,32). The van der Waals surface area contributed by atoms with Crippen molar-refractivity contribution in [1.82, 2.24) is 9.78 Å². The van der Waals surface area contributed by atoms with Crippen molar-refractivity contribution in [2.75, 3.05) is 19.0 Å². The van der Waals surface area contributed by atoms with E-state index in [2.05, 4.69) is 10.4 Å². The number of carbonyl (C=O) groups is 2. The molecule has 0 aliphatic rings. The molecule has 192 valence electrons. The second-order valence-electron chi connectivity index (χ2n) is 8.27. The third-order valence-corrected chi connectivity index (χ3v) is 5.76. The third kappa shape index (κ3) is 6.00. The van der Waals surface area contributed by atoms with Gasteiger partial charge in [0.15, 0.2) is 5.76 Å². The zero-order chi connectivity index (χ0) is 26.4. The second kappa shape index (κ2) is 11.5. The number of hydrogen-bond acceptors (Lipinski definition) is 7. The van der Waals surface area contributed by atoms with Crippen molar-refractivity contribution in [3.63, 3.8) is 0 Å². The first-order valence-corrected chi connectivity index (χ1v) is 11.9. The summed E-state index contributed by atoms with van der Waals surface area (Å²) in [6, 6.07) is 17.8. The number of aryl methyl sites for hydroxylation is 1. The molecule has 0 aliphatic carbocycles. The van der Waals surface area contributed by atoms with Crippen molar-refractivity contribution >= 4 is 17.6 Å². The molecule has 0 aliphatic heterocycles. The molecule has 37 heavy (non-hydrogen) atoms. The van der Waals surface area contributed by atoms with Gasteiger partial charge in [0.1, 0.15) is 23.9 Å². The highest BCUT2D eigenvalue weighted by Crippen LogP contribution is 2.24. The van der Waals surface area contributed by atoms with Crippen molar-refractivity contribution in [3.8, 4) is 11.5 Å². The van der Waals surface area contributed by atoms with Crippen molar-refractivity contribution in [2.45, 2.75) is 33.9 Å². The lowest BCUT2D eigenvalue weighted by atomic mass is 10.1. The fraction of sp³-hybridized carbons (Fsp3) is 0.250. The van der Waals surface area contributed by atoms with Crippen LogP contribution in [-0.4, -0.2) is 35.4 Å². The quantitative estimate of drug-likeness (QED) is 0.298. The van der Waals surface area contributed by atoms with Gasteiger partial charge in [-0.2, -0.15) is 5.10 Å². The molecule has 9 nitrogen and oxygen atoms in total. The number of nitrogens with zero attached hydrogens (tertiary/aromatic N) is 2. The Kier molecular flexibility index (Phi) is 7.92.